The predicted octanol–water partition coefficient (Wildman–Crippen LogP) is 0.894. The Morgan fingerprint density at radius 1 is 1.48 bits per heavy atom. The van der Waals surface area contributed by atoms with E-state index in [4.69, 9.17) is 10.6 Å². The SMILES string of the molecule is Cc1ccc(NN)c(C(=O)N(C)CC2(O)CCOCC2)c1. The Balaban J connectivity index is 2.13. The molecule has 0 spiro atoms. The zero-order valence-corrected chi connectivity index (χ0v) is 12.6. The molecule has 0 aliphatic carbocycles. The number of rotatable bonds is 4. The third-order valence-corrected chi connectivity index (χ3v) is 3.86. The van der Waals surface area contributed by atoms with Crippen LogP contribution in [0.1, 0.15) is 28.8 Å². The number of benzene rings is 1. The summed E-state index contributed by atoms with van der Waals surface area (Å²) in [4.78, 5) is 14.1. The van der Waals surface area contributed by atoms with Crippen LogP contribution in [0.3, 0.4) is 0 Å². The largest absolute Gasteiger partial charge is 0.388 e. The van der Waals surface area contributed by atoms with E-state index < -0.39 is 5.60 Å². The average molecular weight is 293 g/mol. The summed E-state index contributed by atoms with van der Waals surface area (Å²) in [5, 5.41) is 10.5. The normalized spacial score (nSPS) is 17.3. The smallest absolute Gasteiger partial charge is 0.255 e. The van der Waals surface area contributed by atoms with E-state index in [1.54, 1.807) is 24.1 Å². The molecule has 0 atom stereocenters. The first-order valence-electron chi connectivity index (χ1n) is 7.08. The number of nitrogen functional groups attached to an aromatic ring is 1. The first-order valence-corrected chi connectivity index (χ1v) is 7.08. The van der Waals surface area contributed by atoms with Gasteiger partial charge in [0.15, 0.2) is 0 Å². The minimum absolute atomic E-state index is 0.161. The molecule has 1 aliphatic heterocycles. The molecular weight excluding hydrogens is 270 g/mol. The minimum Gasteiger partial charge on any atom is -0.388 e. The molecule has 1 aromatic rings. The lowest BCUT2D eigenvalue weighted by molar-refractivity contribution is -0.0734. The Morgan fingerprint density at radius 3 is 2.76 bits per heavy atom. The van der Waals surface area contributed by atoms with Gasteiger partial charge in [0.2, 0.25) is 0 Å². The van der Waals surface area contributed by atoms with Crippen molar-refractivity contribution in [2.75, 3.05) is 32.2 Å². The number of nitrogens with zero attached hydrogens (tertiary/aromatic N) is 1. The number of hydrogen-bond donors (Lipinski definition) is 3. The van der Waals surface area contributed by atoms with Crippen LogP contribution in [0.2, 0.25) is 0 Å². The fourth-order valence-corrected chi connectivity index (χ4v) is 2.59. The summed E-state index contributed by atoms with van der Waals surface area (Å²) in [6.07, 6.45) is 1.08. The van der Waals surface area contributed by atoms with E-state index in [1.807, 2.05) is 13.0 Å². The van der Waals surface area contributed by atoms with Crippen molar-refractivity contribution in [3.05, 3.63) is 29.3 Å². The minimum atomic E-state index is -0.872. The maximum atomic E-state index is 12.6. The van der Waals surface area contributed by atoms with Crippen molar-refractivity contribution in [2.45, 2.75) is 25.4 Å². The number of carbonyl (C=O) groups is 1. The molecule has 0 saturated carbocycles. The molecule has 1 aliphatic rings. The van der Waals surface area contributed by atoms with Crippen LogP contribution >= 0.6 is 0 Å². The monoisotopic (exact) mass is 293 g/mol. The molecule has 4 N–H and O–H groups in total. The van der Waals surface area contributed by atoms with Gasteiger partial charge in [-0.05, 0) is 19.1 Å². The second kappa shape index (κ2) is 6.43. The van der Waals surface area contributed by atoms with Crippen LogP contribution in [-0.4, -0.2) is 48.3 Å². The number of aryl methyl sites for hydroxylation is 1. The molecule has 1 amide bonds. The maximum Gasteiger partial charge on any atom is 0.255 e. The number of amides is 1. The highest BCUT2D eigenvalue weighted by atomic mass is 16.5. The van der Waals surface area contributed by atoms with E-state index in [9.17, 15) is 9.90 Å². The predicted molar refractivity (Wildman–Crippen MR) is 81.0 cm³/mol. The fourth-order valence-electron chi connectivity index (χ4n) is 2.59. The Hall–Kier alpha value is -1.63. The van der Waals surface area contributed by atoms with Gasteiger partial charge in [0.1, 0.15) is 0 Å². The van der Waals surface area contributed by atoms with Crippen LogP contribution in [-0.2, 0) is 4.74 Å². The molecule has 116 valence electrons. The van der Waals surface area contributed by atoms with Gasteiger partial charge in [-0.1, -0.05) is 11.6 Å². The molecule has 0 radical (unpaired) electrons. The number of carbonyl (C=O) groups excluding carboxylic acids is 1. The quantitative estimate of drug-likeness (QED) is 0.567. The number of hydrogen-bond acceptors (Lipinski definition) is 5. The van der Waals surface area contributed by atoms with Gasteiger partial charge < -0.3 is 20.2 Å². The molecule has 2 rings (SSSR count). The highest BCUT2D eigenvalue weighted by Gasteiger charge is 2.32. The van der Waals surface area contributed by atoms with E-state index in [-0.39, 0.29) is 12.5 Å². The number of likely N-dealkylation sites (N-methyl/N-ethyl adjacent to an activating group) is 1. The van der Waals surface area contributed by atoms with Gasteiger partial charge in [0, 0.05) is 39.6 Å². The van der Waals surface area contributed by atoms with E-state index in [2.05, 4.69) is 5.43 Å². The molecule has 0 unspecified atom stereocenters. The summed E-state index contributed by atoms with van der Waals surface area (Å²) in [6.45, 7) is 3.26. The molecule has 1 aromatic carbocycles. The summed E-state index contributed by atoms with van der Waals surface area (Å²) in [7, 11) is 1.69. The van der Waals surface area contributed by atoms with Crippen LogP contribution < -0.4 is 11.3 Å². The van der Waals surface area contributed by atoms with Gasteiger partial charge in [-0.15, -0.1) is 0 Å². The number of nitrogens with two attached hydrogens (primary N) is 1. The lowest BCUT2D eigenvalue weighted by atomic mass is 9.93. The van der Waals surface area contributed by atoms with Crippen molar-refractivity contribution in [3.63, 3.8) is 0 Å². The van der Waals surface area contributed by atoms with Crippen LogP contribution in [0.5, 0.6) is 0 Å². The van der Waals surface area contributed by atoms with Gasteiger partial charge >= 0.3 is 0 Å². The Kier molecular flexibility index (Phi) is 4.82. The fraction of sp³-hybridized carbons (Fsp3) is 0.533. The molecule has 21 heavy (non-hydrogen) atoms. The molecular formula is C15H23N3O3. The second-order valence-electron chi connectivity index (χ2n) is 5.69. The highest BCUT2D eigenvalue weighted by molar-refractivity contribution is 5.99. The topological polar surface area (TPSA) is 87.8 Å². The van der Waals surface area contributed by atoms with Gasteiger partial charge in [-0.3, -0.25) is 10.6 Å². The van der Waals surface area contributed by atoms with Crippen LogP contribution in [0.25, 0.3) is 0 Å². The van der Waals surface area contributed by atoms with E-state index in [1.165, 1.54) is 0 Å². The molecule has 6 heteroatoms. The highest BCUT2D eigenvalue weighted by Crippen LogP contribution is 2.23. The summed E-state index contributed by atoms with van der Waals surface area (Å²) < 4.78 is 5.25. The number of aliphatic hydroxyl groups is 1. The molecule has 1 saturated heterocycles. The van der Waals surface area contributed by atoms with Crippen molar-refractivity contribution in [3.8, 4) is 0 Å². The molecule has 1 heterocycles. The number of ether oxygens (including phenoxy) is 1. The van der Waals surface area contributed by atoms with Crippen molar-refractivity contribution >= 4 is 11.6 Å². The molecule has 0 bridgehead atoms. The third kappa shape index (κ3) is 3.72. The lowest BCUT2D eigenvalue weighted by Gasteiger charge is -2.35. The first kappa shape index (κ1) is 15.8. The van der Waals surface area contributed by atoms with Crippen molar-refractivity contribution in [1.82, 2.24) is 4.90 Å². The summed E-state index contributed by atoms with van der Waals surface area (Å²) >= 11 is 0. The van der Waals surface area contributed by atoms with Crippen LogP contribution in [0, 0.1) is 6.92 Å². The number of anilines is 1. The van der Waals surface area contributed by atoms with Gasteiger partial charge in [0.05, 0.1) is 16.9 Å². The second-order valence-corrected chi connectivity index (χ2v) is 5.69. The van der Waals surface area contributed by atoms with Crippen LogP contribution in [0.4, 0.5) is 5.69 Å². The first-order chi connectivity index (χ1) is 9.95. The third-order valence-electron chi connectivity index (χ3n) is 3.86. The van der Waals surface area contributed by atoms with Crippen molar-refractivity contribution in [1.29, 1.82) is 0 Å². The van der Waals surface area contributed by atoms with Crippen molar-refractivity contribution < 1.29 is 14.6 Å². The van der Waals surface area contributed by atoms with Crippen molar-refractivity contribution in [2.24, 2.45) is 5.84 Å². The Morgan fingerprint density at radius 2 is 2.14 bits per heavy atom. The zero-order valence-electron chi connectivity index (χ0n) is 12.6. The van der Waals surface area contributed by atoms with E-state index >= 15 is 0 Å². The number of hydrazine groups is 1. The summed E-state index contributed by atoms with van der Waals surface area (Å²) in [5.74, 6) is 5.30. The van der Waals surface area contributed by atoms with E-state index in [0.29, 0.717) is 37.3 Å². The summed E-state index contributed by atoms with van der Waals surface area (Å²) in [6, 6.07) is 5.46. The van der Waals surface area contributed by atoms with Gasteiger partial charge in [-0.2, -0.15) is 0 Å². The Labute approximate surface area is 124 Å². The van der Waals surface area contributed by atoms with E-state index in [0.717, 1.165) is 5.56 Å². The van der Waals surface area contributed by atoms with Gasteiger partial charge in [0.25, 0.3) is 5.91 Å². The standard InChI is InChI=1S/C15H23N3O3/c1-11-3-4-13(17-16)12(9-11)14(19)18(2)10-15(20)5-7-21-8-6-15/h3-4,9,17,20H,5-8,10,16H2,1-2H3. The molecule has 0 aromatic heterocycles. The zero-order chi connectivity index (χ0) is 15.5. The average Bonchev–Trinajstić information content (AvgIpc) is 2.46. The van der Waals surface area contributed by atoms with Gasteiger partial charge in [-0.25, -0.2) is 0 Å². The summed E-state index contributed by atoms with van der Waals surface area (Å²) in [5.41, 5.74) is 3.74. The number of nitrogens with one attached hydrogen (secondary N) is 1. The Bertz CT molecular complexity index is 513. The lowest BCUT2D eigenvalue weighted by Crippen LogP contribution is -2.47. The molecule has 6 nitrogen and oxygen atoms in total. The van der Waals surface area contributed by atoms with Crippen LogP contribution in [0.15, 0.2) is 18.2 Å². The maximum absolute atomic E-state index is 12.6. The molecule has 1 fully saturated rings.